The molecule has 3 heteroatoms. The van der Waals surface area contributed by atoms with Crippen LogP contribution in [0.1, 0.15) is 6.92 Å². The molecule has 0 saturated heterocycles. The van der Waals surface area contributed by atoms with Crippen LogP contribution >= 0.6 is 0 Å². The maximum atomic E-state index is 9.60. The molecule has 52 valence electrons. The van der Waals surface area contributed by atoms with E-state index in [4.69, 9.17) is 5.11 Å². The Morgan fingerprint density at radius 1 is 1.62 bits per heavy atom. The molecule has 0 amide bonds. The van der Waals surface area contributed by atoms with Crippen LogP contribution in [0.15, 0.2) is 12.2 Å². The van der Waals surface area contributed by atoms with Gasteiger partial charge in [-0.15, -0.1) is 0 Å². The summed E-state index contributed by atoms with van der Waals surface area (Å²) >= 11 is 0. The molecule has 0 aromatic rings. The summed E-state index contributed by atoms with van der Waals surface area (Å²) in [6.07, 6.45) is 0. The van der Waals surface area contributed by atoms with Crippen LogP contribution in [0.5, 0.6) is 0 Å². The number of carbonyl (C=O) groups is 1. The Morgan fingerprint density at radius 2 is 1.75 bits per heavy atom. The van der Waals surface area contributed by atoms with Gasteiger partial charge < -0.3 is 12.5 Å². The van der Waals surface area contributed by atoms with Gasteiger partial charge in [0.25, 0.3) is 0 Å². The summed E-state index contributed by atoms with van der Waals surface area (Å²) < 4.78 is 0. The van der Waals surface area contributed by atoms with Gasteiger partial charge in [-0.3, -0.25) is 0 Å². The number of hydrogen-bond acceptors (Lipinski definition) is 1. The van der Waals surface area contributed by atoms with Crippen molar-refractivity contribution in [2.75, 3.05) is 0 Å². The summed E-state index contributed by atoms with van der Waals surface area (Å²) in [5.74, 6) is -0.935. The summed E-state index contributed by atoms with van der Waals surface area (Å²) in [6.45, 7) is 4.60. The van der Waals surface area contributed by atoms with Crippen LogP contribution in [0.4, 0.5) is 0 Å². The predicted octanol–water partition coefficient (Wildman–Crippen LogP) is 1.09. The van der Waals surface area contributed by atoms with Gasteiger partial charge in [-0.05, 0) is 6.92 Å². The molecule has 0 atom stereocenters. The van der Waals surface area contributed by atoms with Gasteiger partial charge in [0.05, 0.1) is 0 Å². The molecule has 0 aliphatic heterocycles. The van der Waals surface area contributed by atoms with E-state index in [2.05, 4.69) is 6.58 Å². The van der Waals surface area contributed by atoms with E-state index >= 15 is 0 Å². The third-order valence-corrected chi connectivity index (χ3v) is 0.365. The van der Waals surface area contributed by atoms with E-state index in [0.717, 1.165) is 0 Å². The van der Waals surface area contributed by atoms with Gasteiger partial charge in [0.2, 0.25) is 0 Å². The molecule has 0 aromatic carbocycles. The van der Waals surface area contributed by atoms with E-state index in [1.165, 1.54) is 6.92 Å². The molecule has 0 saturated carbocycles. The molecule has 0 heterocycles. The zero-order valence-electron chi connectivity index (χ0n) is 4.86. The fourth-order valence-corrected chi connectivity index (χ4v) is 0. The summed E-state index contributed by atoms with van der Waals surface area (Å²) in [5, 5.41) is 7.89. The molecule has 0 unspecified atom stereocenters. The van der Waals surface area contributed by atoms with E-state index in [1.54, 1.807) is 0 Å². The molecule has 0 radical (unpaired) electrons. The van der Waals surface area contributed by atoms with Crippen LogP contribution in [0, 0.1) is 7.43 Å². The van der Waals surface area contributed by atoms with Crippen LogP contribution < -0.4 is 0 Å². The molecule has 8 heavy (non-hydrogen) atoms. The van der Waals surface area contributed by atoms with Crippen molar-refractivity contribution in [2.24, 2.45) is 0 Å². The van der Waals surface area contributed by atoms with Crippen molar-refractivity contribution in [1.29, 1.82) is 0 Å². The van der Waals surface area contributed by atoms with Crippen LogP contribution in [0.3, 0.4) is 0 Å². The summed E-state index contributed by atoms with van der Waals surface area (Å²) in [4.78, 5) is 9.60. The normalized spacial score (nSPS) is 5.62. The topological polar surface area (TPSA) is 37.3 Å². The molecule has 0 fully saturated rings. The first-order valence-corrected chi connectivity index (χ1v) is 1.53. The van der Waals surface area contributed by atoms with Gasteiger partial charge in [-0.25, -0.2) is 4.79 Å². The zero-order chi connectivity index (χ0) is 5.15. The van der Waals surface area contributed by atoms with Crippen LogP contribution in [0.25, 0.3) is 0 Å². The summed E-state index contributed by atoms with van der Waals surface area (Å²) in [5.41, 5.74) is 0.176. The number of aliphatic carboxylic acids is 1. The minimum Gasteiger partial charge on any atom is -0.478 e. The molecule has 0 aliphatic carbocycles. The van der Waals surface area contributed by atoms with Crippen molar-refractivity contribution < 1.29 is 32.3 Å². The van der Waals surface area contributed by atoms with Gasteiger partial charge >= 0.3 is 28.3 Å². The van der Waals surface area contributed by atoms with Crippen molar-refractivity contribution in [3.8, 4) is 0 Å². The Bertz CT molecular complexity index is 76.4. The van der Waals surface area contributed by atoms with E-state index < -0.39 is 5.97 Å². The number of carboxylic acids is 1. The minimum atomic E-state index is -0.935. The molecule has 0 bridgehead atoms. The van der Waals surface area contributed by atoms with E-state index in [0.29, 0.717) is 0 Å². The molecule has 0 aromatic heterocycles. The average molecular weight is 298 g/mol. The van der Waals surface area contributed by atoms with E-state index in [-0.39, 0.29) is 35.4 Å². The standard InChI is InChI=1S/C4H6O2.CH3.Au/c1-3(2)4(5)6;;/h1H2,2H3,(H,5,6);1H3;/q;-1;+1. The number of rotatable bonds is 1. The van der Waals surface area contributed by atoms with Gasteiger partial charge in [0.15, 0.2) is 0 Å². The quantitative estimate of drug-likeness (QED) is 0.447. The smallest absolute Gasteiger partial charge is 0.478 e. The largest absolute Gasteiger partial charge is 1.00 e. The number of carboxylic acid groups (broad SMARTS) is 1. The fourth-order valence-electron chi connectivity index (χ4n) is 0. The maximum Gasteiger partial charge on any atom is 1.00 e. The molecular weight excluding hydrogens is 289 g/mol. The predicted molar refractivity (Wildman–Crippen MR) is 28.9 cm³/mol. The second-order valence-electron chi connectivity index (χ2n) is 1.09. The van der Waals surface area contributed by atoms with Crippen molar-refractivity contribution in [3.05, 3.63) is 19.6 Å². The van der Waals surface area contributed by atoms with Crippen molar-refractivity contribution in [3.63, 3.8) is 0 Å². The average Bonchev–Trinajstić information content (AvgIpc) is 1.36. The second-order valence-corrected chi connectivity index (χ2v) is 1.09. The monoisotopic (exact) mass is 298 g/mol. The zero-order valence-corrected chi connectivity index (χ0v) is 7.03. The molecule has 0 rings (SSSR count). The van der Waals surface area contributed by atoms with Crippen molar-refractivity contribution in [2.45, 2.75) is 6.92 Å². The summed E-state index contributed by atoms with van der Waals surface area (Å²) in [7, 11) is 0. The van der Waals surface area contributed by atoms with Crippen molar-refractivity contribution in [1.82, 2.24) is 0 Å². The van der Waals surface area contributed by atoms with Gasteiger partial charge in [0.1, 0.15) is 0 Å². The van der Waals surface area contributed by atoms with E-state index in [1.807, 2.05) is 0 Å². The minimum absolute atomic E-state index is 0. The number of hydrogen-bond donors (Lipinski definition) is 1. The Kier molecular flexibility index (Phi) is 13.6. The van der Waals surface area contributed by atoms with Gasteiger partial charge in [0, 0.05) is 5.57 Å². The Balaban J connectivity index is -0.000000125. The van der Waals surface area contributed by atoms with Crippen LogP contribution in [0.2, 0.25) is 0 Å². The molecule has 1 N–H and O–H groups in total. The molecule has 0 spiro atoms. The maximum absolute atomic E-state index is 9.60. The third-order valence-electron chi connectivity index (χ3n) is 0.365. The summed E-state index contributed by atoms with van der Waals surface area (Å²) in [6, 6.07) is 0. The second kappa shape index (κ2) is 6.95. The molecule has 2 nitrogen and oxygen atoms in total. The SMILES string of the molecule is C=C(C)C(=O)O.[Au+].[CH3-]. The Hall–Kier alpha value is -0.0497. The Morgan fingerprint density at radius 3 is 1.75 bits per heavy atom. The van der Waals surface area contributed by atoms with Crippen LogP contribution in [-0.2, 0) is 27.2 Å². The third kappa shape index (κ3) is 9.34. The molecular formula is C5H9AuO2. The van der Waals surface area contributed by atoms with Gasteiger partial charge in [-0.1, -0.05) is 6.58 Å². The fraction of sp³-hybridized carbons (Fsp3) is 0.200. The van der Waals surface area contributed by atoms with E-state index in [9.17, 15) is 4.79 Å². The Labute approximate surface area is 65.1 Å². The van der Waals surface area contributed by atoms with Gasteiger partial charge in [-0.2, -0.15) is 0 Å². The first kappa shape index (κ1) is 15.7. The molecule has 0 aliphatic rings. The first-order chi connectivity index (χ1) is 2.64. The van der Waals surface area contributed by atoms with Crippen molar-refractivity contribution >= 4 is 5.97 Å². The van der Waals surface area contributed by atoms with Crippen LogP contribution in [-0.4, -0.2) is 11.1 Å². The first-order valence-electron chi connectivity index (χ1n) is 1.53.